The van der Waals surface area contributed by atoms with Gasteiger partial charge in [-0.2, -0.15) is 0 Å². The Hall–Kier alpha value is -2.50. The van der Waals surface area contributed by atoms with E-state index in [1.54, 1.807) is 12.1 Å². The Balaban J connectivity index is 2.21. The van der Waals surface area contributed by atoms with Crippen molar-refractivity contribution in [2.24, 2.45) is 0 Å². The molecule has 2 aromatic rings. The van der Waals surface area contributed by atoms with Crippen molar-refractivity contribution < 1.29 is 4.92 Å². The number of hydrogen-bond donors (Lipinski definition) is 1. The average Bonchev–Trinajstić information content (AvgIpc) is 2.46. The maximum Gasteiger partial charge on any atom is 0.269 e. The number of nitro groups is 1. The topological polar surface area (TPSA) is 81.0 Å². The molecule has 110 valence electrons. The van der Waals surface area contributed by atoms with Crippen molar-refractivity contribution >= 4 is 11.6 Å². The molecule has 1 N–H and O–H groups in total. The Bertz CT molecular complexity index is 658. The van der Waals surface area contributed by atoms with Gasteiger partial charge in [-0.05, 0) is 31.9 Å². The first kappa shape index (κ1) is 14.9. The number of aromatic nitrogens is 2. The van der Waals surface area contributed by atoms with Crippen LogP contribution in [0.15, 0.2) is 30.3 Å². The van der Waals surface area contributed by atoms with E-state index in [4.69, 9.17) is 0 Å². The van der Waals surface area contributed by atoms with Gasteiger partial charge in [0.1, 0.15) is 0 Å². The average molecular weight is 286 g/mol. The lowest BCUT2D eigenvalue weighted by atomic mass is 10.1. The lowest BCUT2D eigenvalue weighted by Crippen LogP contribution is -2.11. The summed E-state index contributed by atoms with van der Waals surface area (Å²) >= 11 is 0. The van der Waals surface area contributed by atoms with Crippen molar-refractivity contribution in [2.45, 2.75) is 33.2 Å². The predicted molar refractivity (Wildman–Crippen MR) is 81.3 cm³/mol. The van der Waals surface area contributed by atoms with Gasteiger partial charge in [0, 0.05) is 23.5 Å². The number of benzene rings is 1. The molecule has 6 nitrogen and oxygen atoms in total. The van der Waals surface area contributed by atoms with Gasteiger partial charge in [0.15, 0.2) is 0 Å². The molecule has 0 amide bonds. The molecule has 0 spiro atoms. The summed E-state index contributed by atoms with van der Waals surface area (Å²) in [5.74, 6) is 0.547. The molecular weight excluding hydrogens is 268 g/mol. The van der Waals surface area contributed by atoms with Crippen molar-refractivity contribution in [3.8, 4) is 0 Å². The summed E-state index contributed by atoms with van der Waals surface area (Å²) in [5.41, 5.74) is 2.78. The van der Waals surface area contributed by atoms with Gasteiger partial charge in [-0.25, -0.2) is 9.97 Å². The highest BCUT2D eigenvalue weighted by Gasteiger charge is 2.12. The Labute approximate surface area is 123 Å². The first-order valence-corrected chi connectivity index (χ1v) is 6.85. The third-order valence-corrected chi connectivity index (χ3v) is 3.20. The zero-order valence-electron chi connectivity index (χ0n) is 12.3. The maximum atomic E-state index is 10.8. The molecule has 21 heavy (non-hydrogen) atoms. The minimum atomic E-state index is -0.394. The lowest BCUT2D eigenvalue weighted by molar-refractivity contribution is -0.384. The van der Waals surface area contributed by atoms with Gasteiger partial charge in [0.05, 0.1) is 11.0 Å². The summed E-state index contributed by atoms with van der Waals surface area (Å²) in [6.45, 7) is 5.88. The minimum Gasteiger partial charge on any atom is -0.348 e. The summed E-state index contributed by atoms with van der Waals surface area (Å²) in [4.78, 5) is 19.2. The summed E-state index contributed by atoms with van der Waals surface area (Å²) in [7, 11) is 0. The standard InChI is InChI=1S/C15H18N4O2/c1-4-13-8-10(2)16-15(18-13)17-11(3)12-6-5-7-14(9-12)19(20)21/h5-9,11H,4H2,1-3H3,(H,16,17,18). The molecule has 0 saturated carbocycles. The number of non-ortho nitro benzene ring substituents is 1. The van der Waals surface area contributed by atoms with Crippen LogP contribution in [0.5, 0.6) is 0 Å². The first-order valence-electron chi connectivity index (χ1n) is 6.85. The van der Waals surface area contributed by atoms with Crippen LogP contribution in [0.3, 0.4) is 0 Å². The largest absolute Gasteiger partial charge is 0.348 e. The molecule has 1 aromatic carbocycles. The molecule has 0 fully saturated rings. The highest BCUT2D eigenvalue weighted by molar-refractivity contribution is 5.39. The maximum absolute atomic E-state index is 10.8. The first-order chi connectivity index (χ1) is 9.99. The number of nitrogens with one attached hydrogen (secondary N) is 1. The third-order valence-electron chi connectivity index (χ3n) is 3.20. The summed E-state index contributed by atoms with van der Waals surface area (Å²) in [5, 5.41) is 14.0. The van der Waals surface area contributed by atoms with E-state index in [9.17, 15) is 10.1 Å². The second-order valence-corrected chi connectivity index (χ2v) is 4.90. The molecule has 0 bridgehead atoms. The Morgan fingerprint density at radius 1 is 1.33 bits per heavy atom. The molecule has 1 aromatic heterocycles. The van der Waals surface area contributed by atoms with E-state index in [2.05, 4.69) is 15.3 Å². The highest BCUT2D eigenvalue weighted by Crippen LogP contribution is 2.21. The molecular formula is C15H18N4O2. The van der Waals surface area contributed by atoms with E-state index in [0.717, 1.165) is 23.4 Å². The smallest absolute Gasteiger partial charge is 0.269 e. The van der Waals surface area contributed by atoms with Gasteiger partial charge in [0.25, 0.3) is 5.69 Å². The Kier molecular flexibility index (Phi) is 4.47. The van der Waals surface area contributed by atoms with E-state index >= 15 is 0 Å². The number of rotatable bonds is 5. The number of aryl methyl sites for hydroxylation is 2. The van der Waals surface area contributed by atoms with E-state index in [1.165, 1.54) is 6.07 Å². The van der Waals surface area contributed by atoms with Crippen LogP contribution in [0.25, 0.3) is 0 Å². The molecule has 1 heterocycles. The quantitative estimate of drug-likeness (QED) is 0.672. The number of nitro benzene ring substituents is 1. The predicted octanol–water partition coefficient (Wildman–Crippen LogP) is 3.43. The zero-order valence-corrected chi connectivity index (χ0v) is 12.3. The lowest BCUT2D eigenvalue weighted by Gasteiger charge is -2.15. The second kappa shape index (κ2) is 6.30. The second-order valence-electron chi connectivity index (χ2n) is 4.90. The van der Waals surface area contributed by atoms with Gasteiger partial charge in [-0.1, -0.05) is 19.1 Å². The van der Waals surface area contributed by atoms with E-state index in [0.29, 0.717) is 5.95 Å². The van der Waals surface area contributed by atoms with Crippen LogP contribution in [-0.4, -0.2) is 14.9 Å². The van der Waals surface area contributed by atoms with Crippen LogP contribution in [0.1, 0.15) is 36.8 Å². The molecule has 2 rings (SSSR count). The van der Waals surface area contributed by atoms with Crippen molar-refractivity contribution in [3.63, 3.8) is 0 Å². The fraction of sp³-hybridized carbons (Fsp3) is 0.333. The fourth-order valence-electron chi connectivity index (χ4n) is 2.06. The molecule has 0 aliphatic carbocycles. The number of nitrogens with zero attached hydrogens (tertiary/aromatic N) is 3. The van der Waals surface area contributed by atoms with Crippen LogP contribution in [-0.2, 0) is 6.42 Å². The van der Waals surface area contributed by atoms with Crippen LogP contribution in [0.2, 0.25) is 0 Å². The van der Waals surface area contributed by atoms with E-state index in [1.807, 2.05) is 32.9 Å². The summed E-state index contributed by atoms with van der Waals surface area (Å²) in [6.07, 6.45) is 0.837. The van der Waals surface area contributed by atoms with Crippen LogP contribution in [0.4, 0.5) is 11.6 Å². The van der Waals surface area contributed by atoms with Gasteiger partial charge in [-0.15, -0.1) is 0 Å². The minimum absolute atomic E-state index is 0.0838. The number of anilines is 1. The molecule has 0 aliphatic rings. The van der Waals surface area contributed by atoms with Crippen molar-refractivity contribution in [1.82, 2.24) is 9.97 Å². The van der Waals surface area contributed by atoms with Crippen molar-refractivity contribution in [2.75, 3.05) is 5.32 Å². The van der Waals surface area contributed by atoms with Gasteiger partial charge in [0.2, 0.25) is 5.95 Å². The van der Waals surface area contributed by atoms with Crippen LogP contribution in [0, 0.1) is 17.0 Å². The van der Waals surface area contributed by atoms with Crippen molar-refractivity contribution in [3.05, 3.63) is 57.4 Å². The van der Waals surface area contributed by atoms with Crippen LogP contribution >= 0.6 is 0 Å². The number of hydrogen-bond acceptors (Lipinski definition) is 5. The highest BCUT2D eigenvalue weighted by atomic mass is 16.6. The normalized spacial score (nSPS) is 12.0. The molecule has 0 aliphatic heterocycles. The van der Waals surface area contributed by atoms with E-state index < -0.39 is 4.92 Å². The van der Waals surface area contributed by atoms with E-state index in [-0.39, 0.29) is 11.7 Å². The van der Waals surface area contributed by atoms with Gasteiger partial charge < -0.3 is 5.32 Å². The molecule has 1 atom stereocenters. The SMILES string of the molecule is CCc1cc(C)nc(NC(C)c2cccc([N+](=O)[O-])c2)n1. The molecule has 6 heteroatoms. The summed E-state index contributed by atoms with van der Waals surface area (Å²) in [6, 6.07) is 8.41. The van der Waals surface area contributed by atoms with Crippen LogP contribution < -0.4 is 5.32 Å². The molecule has 0 saturated heterocycles. The Morgan fingerprint density at radius 2 is 2.10 bits per heavy atom. The third kappa shape index (κ3) is 3.75. The molecule has 1 unspecified atom stereocenters. The monoisotopic (exact) mass is 286 g/mol. The van der Waals surface area contributed by atoms with Gasteiger partial charge >= 0.3 is 0 Å². The molecule has 0 radical (unpaired) electrons. The zero-order chi connectivity index (χ0) is 15.4. The Morgan fingerprint density at radius 3 is 2.76 bits per heavy atom. The summed E-state index contributed by atoms with van der Waals surface area (Å²) < 4.78 is 0. The van der Waals surface area contributed by atoms with Crippen molar-refractivity contribution in [1.29, 1.82) is 0 Å². The van der Waals surface area contributed by atoms with Gasteiger partial charge in [-0.3, -0.25) is 10.1 Å². The fourth-order valence-corrected chi connectivity index (χ4v) is 2.06.